The van der Waals surface area contributed by atoms with Crippen LogP contribution < -0.4 is 5.32 Å². The number of rotatable bonds is 6. The molecule has 2 atom stereocenters. The molecule has 1 aromatic heterocycles. The molecule has 35 heavy (non-hydrogen) atoms. The number of imidazole rings is 1. The van der Waals surface area contributed by atoms with Gasteiger partial charge < -0.3 is 10.3 Å². The van der Waals surface area contributed by atoms with Crippen LogP contribution in [0.15, 0.2) is 71.9 Å². The van der Waals surface area contributed by atoms with Crippen LogP contribution in [0.3, 0.4) is 0 Å². The molecular weight excluding hydrogens is 452 g/mol. The fourth-order valence-corrected chi connectivity index (χ4v) is 6.63. The summed E-state index contributed by atoms with van der Waals surface area (Å²) in [5.74, 6) is 0.126. The van der Waals surface area contributed by atoms with E-state index < -0.39 is 0 Å². The predicted molar refractivity (Wildman–Crippen MR) is 143 cm³/mol. The molecular formula is C29H30N4OS. The van der Waals surface area contributed by atoms with Gasteiger partial charge in [-0.3, -0.25) is 9.69 Å². The van der Waals surface area contributed by atoms with E-state index in [0.717, 1.165) is 42.1 Å². The summed E-state index contributed by atoms with van der Waals surface area (Å²) in [5, 5.41) is 4.38. The number of thioether (sulfide) groups is 1. The van der Waals surface area contributed by atoms with E-state index in [-0.39, 0.29) is 18.0 Å². The van der Waals surface area contributed by atoms with Crippen molar-refractivity contribution in [3.8, 4) is 11.1 Å². The molecule has 0 bridgehead atoms. The van der Waals surface area contributed by atoms with Gasteiger partial charge >= 0.3 is 0 Å². The van der Waals surface area contributed by atoms with Crippen LogP contribution in [0.25, 0.3) is 22.2 Å². The summed E-state index contributed by atoms with van der Waals surface area (Å²) < 4.78 is 0. The number of benzene rings is 3. The summed E-state index contributed by atoms with van der Waals surface area (Å²) in [5.41, 5.74) is 8.80. The highest BCUT2D eigenvalue weighted by atomic mass is 32.2. The molecule has 0 unspecified atom stereocenters. The summed E-state index contributed by atoms with van der Waals surface area (Å²) in [6.45, 7) is 5.68. The number of amides is 1. The van der Waals surface area contributed by atoms with E-state index in [4.69, 9.17) is 4.98 Å². The third-order valence-corrected chi connectivity index (χ3v) is 8.08. The van der Waals surface area contributed by atoms with E-state index in [1.807, 2.05) is 32.0 Å². The maximum absolute atomic E-state index is 13.1. The van der Waals surface area contributed by atoms with Crippen molar-refractivity contribution in [2.24, 2.45) is 0 Å². The number of para-hydroxylation sites is 2. The van der Waals surface area contributed by atoms with Crippen molar-refractivity contribution in [1.82, 2.24) is 20.2 Å². The van der Waals surface area contributed by atoms with Gasteiger partial charge in [0.2, 0.25) is 5.91 Å². The Morgan fingerprint density at radius 1 is 1.09 bits per heavy atom. The summed E-state index contributed by atoms with van der Waals surface area (Å²) in [4.78, 5) is 23.7. The smallest absolute Gasteiger partial charge is 0.237 e. The van der Waals surface area contributed by atoms with Crippen LogP contribution in [0.5, 0.6) is 0 Å². The molecule has 1 amide bonds. The maximum atomic E-state index is 13.1. The Labute approximate surface area is 210 Å². The van der Waals surface area contributed by atoms with Crippen LogP contribution in [-0.2, 0) is 17.8 Å². The average molecular weight is 483 g/mol. The number of hydrogen-bond acceptors (Lipinski definition) is 4. The lowest BCUT2D eigenvalue weighted by molar-refractivity contribution is -0.126. The summed E-state index contributed by atoms with van der Waals surface area (Å²) >= 11 is 1.75. The largest absolute Gasteiger partial charge is 0.353 e. The molecule has 1 saturated heterocycles. The first-order valence-corrected chi connectivity index (χ1v) is 13.3. The van der Waals surface area contributed by atoms with Crippen molar-refractivity contribution in [1.29, 1.82) is 0 Å². The van der Waals surface area contributed by atoms with Gasteiger partial charge in [0.25, 0.3) is 0 Å². The van der Waals surface area contributed by atoms with Gasteiger partial charge in [0.05, 0.1) is 17.1 Å². The van der Waals surface area contributed by atoms with E-state index in [9.17, 15) is 4.79 Å². The number of aromatic amines is 1. The molecule has 3 aromatic carbocycles. The molecule has 1 fully saturated rings. The molecule has 5 nitrogen and oxygen atoms in total. The van der Waals surface area contributed by atoms with E-state index in [1.165, 1.54) is 27.8 Å². The minimum Gasteiger partial charge on any atom is -0.353 e. The second-order valence-corrected chi connectivity index (χ2v) is 11.3. The maximum Gasteiger partial charge on any atom is 0.237 e. The SMILES string of the molecule is CC(C)NC(=O)[C@@H]1C[C@H](Sc2nc3ccccc3[nH]2)CN1Cc1ccc2c(c1)Cc1ccccc1-2. The van der Waals surface area contributed by atoms with E-state index in [0.29, 0.717) is 5.25 Å². The monoisotopic (exact) mass is 482 g/mol. The molecule has 1 aliphatic carbocycles. The highest BCUT2D eigenvalue weighted by Gasteiger charge is 2.38. The molecule has 4 aromatic rings. The highest BCUT2D eigenvalue weighted by Crippen LogP contribution is 2.38. The van der Waals surface area contributed by atoms with Crippen LogP contribution in [0.1, 0.15) is 37.0 Å². The van der Waals surface area contributed by atoms with Crippen LogP contribution in [-0.4, -0.2) is 44.7 Å². The Kier molecular flexibility index (Phi) is 5.86. The Bertz CT molecular complexity index is 1360. The lowest BCUT2D eigenvalue weighted by Crippen LogP contribution is -2.45. The number of hydrogen-bond donors (Lipinski definition) is 2. The van der Waals surface area contributed by atoms with Crippen molar-refractivity contribution in [2.75, 3.05) is 6.54 Å². The van der Waals surface area contributed by atoms with E-state index >= 15 is 0 Å². The molecule has 2 aliphatic rings. The summed E-state index contributed by atoms with van der Waals surface area (Å²) in [6, 6.07) is 23.6. The molecule has 1 aliphatic heterocycles. The molecule has 178 valence electrons. The number of nitrogens with one attached hydrogen (secondary N) is 2. The molecule has 0 radical (unpaired) electrons. The molecule has 2 N–H and O–H groups in total. The minimum absolute atomic E-state index is 0.126. The molecule has 2 heterocycles. The zero-order chi connectivity index (χ0) is 23.9. The Morgan fingerprint density at radius 2 is 1.89 bits per heavy atom. The van der Waals surface area contributed by atoms with Crippen LogP contribution in [0.4, 0.5) is 0 Å². The van der Waals surface area contributed by atoms with Gasteiger partial charge in [-0.05, 0) is 66.6 Å². The fraction of sp³-hybridized carbons (Fsp3) is 0.310. The normalized spacial score (nSPS) is 19.3. The van der Waals surface area contributed by atoms with Crippen molar-refractivity contribution in [3.05, 3.63) is 83.4 Å². The van der Waals surface area contributed by atoms with Gasteiger partial charge in [0, 0.05) is 24.4 Å². The van der Waals surface area contributed by atoms with E-state index in [1.54, 1.807) is 11.8 Å². The minimum atomic E-state index is -0.135. The fourth-order valence-electron chi connectivity index (χ4n) is 5.45. The topological polar surface area (TPSA) is 61.0 Å². The second-order valence-electron chi connectivity index (χ2n) is 9.97. The molecule has 6 rings (SSSR count). The van der Waals surface area contributed by atoms with Crippen molar-refractivity contribution >= 4 is 28.7 Å². The Balaban J connectivity index is 1.21. The van der Waals surface area contributed by atoms with Crippen molar-refractivity contribution in [3.63, 3.8) is 0 Å². The number of carbonyl (C=O) groups is 1. The third-order valence-electron chi connectivity index (χ3n) is 6.99. The highest BCUT2D eigenvalue weighted by molar-refractivity contribution is 7.99. The Morgan fingerprint density at radius 3 is 2.74 bits per heavy atom. The van der Waals surface area contributed by atoms with Gasteiger partial charge in [-0.1, -0.05) is 66.4 Å². The first-order chi connectivity index (χ1) is 17.0. The van der Waals surface area contributed by atoms with Crippen molar-refractivity contribution < 1.29 is 4.79 Å². The first-order valence-electron chi connectivity index (χ1n) is 12.4. The number of H-pyrrole nitrogens is 1. The van der Waals surface area contributed by atoms with Crippen molar-refractivity contribution in [2.45, 2.75) is 55.7 Å². The first kappa shape index (κ1) is 22.4. The number of nitrogens with zero attached hydrogens (tertiary/aromatic N) is 2. The second kappa shape index (κ2) is 9.17. The van der Waals surface area contributed by atoms with Gasteiger partial charge in [-0.2, -0.15) is 0 Å². The molecule has 6 heteroatoms. The van der Waals surface area contributed by atoms with Gasteiger partial charge in [-0.15, -0.1) is 0 Å². The number of carbonyl (C=O) groups excluding carboxylic acids is 1. The Hall–Kier alpha value is -3.09. The van der Waals surface area contributed by atoms with Gasteiger partial charge in [0.1, 0.15) is 0 Å². The lowest BCUT2D eigenvalue weighted by atomic mass is 10.0. The lowest BCUT2D eigenvalue weighted by Gasteiger charge is -2.24. The average Bonchev–Trinajstić information content (AvgIpc) is 3.53. The third kappa shape index (κ3) is 4.48. The van der Waals surface area contributed by atoms with Gasteiger partial charge in [-0.25, -0.2) is 4.98 Å². The predicted octanol–water partition coefficient (Wildman–Crippen LogP) is 5.39. The quantitative estimate of drug-likeness (QED) is 0.340. The summed E-state index contributed by atoms with van der Waals surface area (Å²) in [7, 11) is 0. The van der Waals surface area contributed by atoms with Crippen LogP contribution in [0, 0.1) is 0 Å². The van der Waals surface area contributed by atoms with Crippen LogP contribution in [0.2, 0.25) is 0 Å². The zero-order valence-electron chi connectivity index (χ0n) is 20.1. The number of fused-ring (bicyclic) bond motifs is 4. The van der Waals surface area contributed by atoms with E-state index in [2.05, 4.69) is 63.7 Å². The summed E-state index contributed by atoms with van der Waals surface area (Å²) in [6.07, 6.45) is 1.80. The standard InChI is InChI=1S/C29H30N4OS/c1-18(2)30-28(34)27-15-22(35-29-31-25-9-5-6-10-26(25)32-29)17-33(27)16-19-11-12-24-21(13-19)14-20-7-3-4-8-23(20)24/h3-13,18,22,27H,14-17H2,1-2H3,(H,30,34)(H,31,32)/t22-,27-/m0/s1. The number of likely N-dealkylation sites (tertiary alicyclic amines) is 1. The zero-order valence-corrected chi connectivity index (χ0v) is 20.9. The molecule has 0 saturated carbocycles. The van der Waals surface area contributed by atoms with Gasteiger partial charge in [0.15, 0.2) is 5.16 Å². The molecule has 0 spiro atoms. The van der Waals surface area contributed by atoms with Crippen LogP contribution >= 0.6 is 11.8 Å². The number of aromatic nitrogens is 2.